The molecule has 0 fully saturated rings. The van der Waals surface area contributed by atoms with Crippen LogP contribution < -0.4 is 9.47 Å². The van der Waals surface area contributed by atoms with Crippen molar-refractivity contribution in [3.63, 3.8) is 0 Å². The average molecular weight is 270 g/mol. The summed E-state index contributed by atoms with van der Waals surface area (Å²) in [6.45, 7) is 7.50. The van der Waals surface area contributed by atoms with Crippen molar-refractivity contribution in [2.24, 2.45) is 0 Å². The molecule has 0 saturated heterocycles. The lowest BCUT2D eigenvalue weighted by Crippen LogP contribution is -2.41. The van der Waals surface area contributed by atoms with Crippen molar-refractivity contribution in [2.75, 3.05) is 32.1 Å². The topological polar surface area (TPSA) is 21.7 Å². The van der Waals surface area contributed by atoms with Gasteiger partial charge in [-0.15, -0.1) is 11.6 Å². The van der Waals surface area contributed by atoms with Crippen LogP contribution in [0.1, 0.15) is 12.5 Å². The zero-order valence-electron chi connectivity index (χ0n) is 11.0. The van der Waals surface area contributed by atoms with Crippen molar-refractivity contribution in [3.05, 3.63) is 23.8 Å². The molecule has 1 aromatic carbocycles. The molecule has 0 aliphatic carbocycles. The first-order valence-corrected chi connectivity index (χ1v) is 6.95. The van der Waals surface area contributed by atoms with Crippen molar-refractivity contribution < 1.29 is 9.47 Å². The maximum atomic E-state index is 5.98. The SMILES string of the molecule is CCN(CCCl)CC1COc2c(C)cccc2O1. The second kappa shape index (κ2) is 6.30. The first kappa shape index (κ1) is 13.5. The van der Waals surface area contributed by atoms with E-state index in [0.29, 0.717) is 12.5 Å². The number of benzene rings is 1. The van der Waals surface area contributed by atoms with Crippen molar-refractivity contribution >= 4 is 11.6 Å². The van der Waals surface area contributed by atoms with Crippen LogP contribution in [0, 0.1) is 6.92 Å². The quantitative estimate of drug-likeness (QED) is 0.767. The number of alkyl halides is 1. The third kappa shape index (κ3) is 3.09. The van der Waals surface area contributed by atoms with Gasteiger partial charge in [-0.3, -0.25) is 4.90 Å². The fourth-order valence-electron chi connectivity index (χ4n) is 2.17. The molecule has 4 heteroatoms. The Morgan fingerprint density at radius 3 is 3.00 bits per heavy atom. The molecular formula is C14H20ClNO2. The Labute approximate surface area is 114 Å². The van der Waals surface area contributed by atoms with E-state index in [1.807, 2.05) is 25.1 Å². The summed E-state index contributed by atoms with van der Waals surface area (Å²) in [7, 11) is 0. The maximum Gasteiger partial charge on any atom is 0.164 e. The van der Waals surface area contributed by atoms with E-state index in [2.05, 4.69) is 11.8 Å². The molecule has 0 saturated carbocycles. The zero-order valence-corrected chi connectivity index (χ0v) is 11.7. The summed E-state index contributed by atoms with van der Waals surface area (Å²) in [6.07, 6.45) is 0.0856. The minimum absolute atomic E-state index is 0.0856. The van der Waals surface area contributed by atoms with E-state index in [4.69, 9.17) is 21.1 Å². The number of halogens is 1. The lowest BCUT2D eigenvalue weighted by molar-refractivity contribution is 0.0612. The highest BCUT2D eigenvalue weighted by Gasteiger charge is 2.23. The van der Waals surface area contributed by atoms with E-state index in [0.717, 1.165) is 36.7 Å². The molecule has 0 bridgehead atoms. The minimum Gasteiger partial charge on any atom is -0.486 e. The van der Waals surface area contributed by atoms with Gasteiger partial charge in [0.2, 0.25) is 0 Å². The zero-order chi connectivity index (χ0) is 13.0. The van der Waals surface area contributed by atoms with Gasteiger partial charge < -0.3 is 9.47 Å². The lowest BCUT2D eigenvalue weighted by Gasteiger charge is -2.31. The molecule has 1 unspecified atom stereocenters. The van der Waals surface area contributed by atoms with Crippen LogP contribution in [0.2, 0.25) is 0 Å². The van der Waals surface area contributed by atoms with Crippen LogP contribution in [0.4, 0.5) is 0 Å². The van der Waals surface area contributed by atoms with Crippen LogP contribution in [-0.2, 0) is 0 Å². The van der Waals surface area contributed by atoms with Crippen LogP contribution in [0.3, 0.4) is 0 Å². The number of likely N-dealkylation sites (N-methyl/N-ethyl adjacent to an activating group) is 1. The molecule has 0 amide bonds. The van der Waals surface area contributed by atoms with E-state index in [9.17, 15) is 0 Å². The van der Waals surface area contributed by atoms with Gasteiger partial charge in [0.1, 0.15) is 12.7 Å². The minimum atomic E-state index is 0.0856. The summed E-state index contributed by atoms with van der Waals surface area (Å²) in [5.74, 6) is 2.39. The Hall–Kier alpha value is -0.930. The van der Waals surface area contributed by atoms with Crippen molar-refractivity contribution in [1.29, 1.82) is 0 Å². The molecule has 0 radical (unpaired) electrons. The van der Waals surface area contributed by atoms with Gasteiger partial charge in [0.05, 0.1) is 0 Å². The largest absolute Gasteiger partial charge is 0.486 e. The molecule has 1 atom stereocenters. The van der Waals surface area contributed by atoms with Crippen LogP contribution in [0.5, 0.6) is 11.5 Å². The number of fused-ring (bicyclic) bond motifs is 1. The second-order valence-electron chi connectivity index (χ2n) is 4.54. The maximum absolute atomic E-state index is 5.98. The fourth-order valence-corrected chi connectivity index (χ4v) is 2.41. The van der Waals surface area contributed by atoms with Crippen LogP contribution in [0.25, 0.3) is 0 Å². The molecule has 0 spiro atoms. The van der Waals surface area contributed by atoms with Crippen molar-refractivity contribution in [3.8, 4) is 11.5 Å². The smallest absolute Gasteiger partial charge is 0.164 e. The molecule has 1 aliphatic heterocycles. The highest BCUT2D eigenvalue weighted by molar-refractivity contribution is 6.18. The molecule has 2 rings (SSSR count). The summed E-state index contributed by atoms with van der Waals surface area (Å²) in [5.41, 5.74) is 1.12. The van der Waals surface area contributed by atoms with Crippen LogP contribution in [-0.4, -0.2) is 43.1 Å². The lowest BCUT2D eigenvalue weighted by atomic mass is 10.2. The van der Waals surface area contributed by atoms with E-state index < -0.39 is 0 Å². The van der Waals surface area contributed by atoms with Gasteiger partial charge in [-0.2, -0.15) is 0 Å². The predicted molar refractivity (Wildman–Crippen MR) is 73.9 cm³/mol. The Kier molecular flexibility index (Phi) is 4.72. The molecule has 1 aliphatic rings. The second-order valence-corrected chi connectivity index (χ2v) is 4.91. The monoisotopic (exact) mass is 269 g/mol. The first-order valence-electron chi connectivity index (χ1n) is 6.42. The Morgan fingerprint density at radius 2 is 2.28 bits per heavy atom. The summed E-state index contributed by atoms with van der Waals surface area (Å²) in [5, 5.41) is 0. The number of para-hydroxylation sites is 1. The van der Waals surface area contributed by atoms with Gasteiger partial charge in [-0.05, 0) is 25.1 Å². The Balaban J connectivity index is 1.99. The van der Waals surface area contributed by atoms with Gasteiger partial charge in [0.25, 0.3) is 0 Å². The molecule has 0 N–H and O–H groups in total. The highest BCUT2D eigenvalue weighted by atomic mass is 35.5. The van der Waals surface area contributed by atoms with E-state index >= 15 is 0 Å². The molecule has 18 heavy (non-hydrogen) atoms. The number of ether oxygens (including phenoxy) is 2. The fraction of sp³-hybridized carbons (Fsp3) is 0.571. The average Bonchev–Trinajstić information content (AvgIpc) is 2.38. The Morgan fingerprint density at radius 1 is 1.44 bits per heavy atom. The van der Waals surface area contributed by atoms with Gasteiger partial charge in [0, 0.05) is 19.0 Å². The molecular weight excluding hydrogens is 250 g/mol. The third-order valence-corrected chi connectivity index (χ3v) is 3.36. The molecule has 100 valence electrons. The summed E-state index contributed by atoms with van der Waals surface area (Å²) >= 11 is 5.78. The number of hydrogen-bond acceptors (Lipinski definition) is 3. The Bertz CT molecular complexity index is 397. The number of rotatable bonds is 5. The number of hydrogen-bond donors (Lipinski definition) is 0. The van der Waals surface area contributed by atoms with E-state index in [1.54, 1.807) is 0 Å². The number of nitrogens with zero attached hydrogens (tertiary/aromatic N) is 1. The number of aryl methyl sites for hydroxylation is 1. The van der Waals surface area contributed by atoms with Crippen molar-refractivity contribution in [1.82, 2.24) is 4.90 Å². The van der Waals surface area contributed by atoms with E-state index in [-0.39, 0.29) is 6.10 Å². The summed E-state index contributed by atoms with van der Waals surface area (Å²) in [4.78, 5) is 2.28. The van der Waals surface area contributed by atoms with Gasteiger partial charge in [-0.1, -0.05) is 19.1 Å². The van der Waals surface area contributed by atoms with Gasteiger partial charge in [0.15, 0.2) is 11.5 Å². The van der Waals surface area contributed by atoms with Gasteiger partial charge >= 0.3 is 0 Å². The standard InChI is InChI=1S/C14H20ClNO2/c1-3-16(8-7-15)9-12-10-17-14-11(2)5-4-6-13(14)18-12/h4-6,12H,3,7-10H2,1-2H3. The van der Waals surface area contributed by atoms with Crippen molar-refractivity contribution in [2.45, 2.75) is 20.0 Å². The summed E-state index contributed by atoms with van der Waals surface area (Å²) < 4.78 is 11.8. The first-order chi connectivity index (χ1) is 8.74. The molecule has 0 aromatic heterocycles. The van der Waals surface area contributed by atoms with E-state index in [1.165, 1.54) is 0 Å². The summed E-state index contributed by atoms with van der Waals surface area (Å²) in [6, 6.07) is 6.00. The molecule has 3 nitrogen and oxygen atoms in total. The molecule has 1 aromatic rings. The predicted octanol–water partition coefficient (Wildman–Crippen LogP) is 2.70. The molecule has 1 heterocycles. The van der Waals surface area contributed by atoms with Crippen LogP contribution >= 0.6 is 11.6 Å². The normalized spacial score (nSPS) is 18.1. The third-order valence-electron chi connectivity index (χ3n) is 3.19. The highest BCUT2D eigenvalue weighted by Crippen LogP contribution is 2.34. The van der Waals surface area contributed by atoms with Gasteiger partial charge in [-0.25, -0.2) is 0 Å². The van der Waals surface area contributed by atoms with Crippen LogP contribution in [0.15, 0.2) is 18.2 Å².